The second-order valence-electron chi connectivity index (χ2n) is 5.36. The molecule has 1 aromatic rings. The first kappa shape index (κ1) is 17.3. The molecule has 0 unspecified atom stereocenters. The molecule has 4 heteroatoms. The quantitative estimate of drug-likeness (QED) is 0.729. The van der Waals surface area contributed by atoms with Crippen molar-refractivity contribution in [2.45, 2.75) is 39.7 Å². The number of hydrogen-bond acceptors (Lipinski definition) is 3. The molecule has 0 aromatic heterocycles. The number of rotatable bonds is 4. The van der Waals surface area contributed by atoms with E-state index in [1.807, 2.05) is 45.9 Å². The maximum atomic E-state index is 11.4. The Labute approximate surface area is 115 Å². The first-order valence-electron chi connectivity index (χ1n) is 6.46. The van der Waals surface area contributed by atoms with Gasteiger partial charge in [-0.05, 0) is 27.2 Å². The van der Waals surface area contributed by atoms with Crippen molar-refractivity contribution in [2.75, 3.05) is 6.54 Å². The fourth-order valence-corrected chi connectivity index (χ4v) is 1.06. The van der Waals surface area contributed by atoms with Crippen molar-refractivity contribution >= 4 is 11.6 Å². The highest BCUT2D eigenvalue weighted by Gasteiger charge is 2.09. The number of carbonyl (C=O) groups excluding carboxylic acids is 1. The van der Waals surface area contributed by atoms with Crippen LogP contribution in [0.5, 0.6) is 0 Å². The average molecular weight is 263 g/mol. The topological polar surface area (TPSA) is 79.0 Å². The minimum atomic E-state index is -0.307. The van der Waals surface area contributed by atoms with Crippen LogP contribution in [-0.2, 0) is 4.79 Å². The summed E-state index contributed by atoms with van der Waals surface area (Å²) in [4.78, 5) is 11.4. The van der Waals surface area contributed by atoms with Gasteiger partial charge in [0.2, 0.25) is 0 Å². The van der Waals surface area contributed by atoms with Crippen LogP contribution >= 0.6 is 0 Å². The van der Waals surface area contributed by atoms with E-state index in [0.717, 1.165) is 6.42 Å². The largest absolute Gasteiger partial charge is 0.351 e. The zero-order chi connectivity index (χ0) is 14.9. The van der Waals surface area contributed by atoms with Gasteiger partial charge in [-0.3, -0.25) is 10.2 Å². The Kier molecular flexibility index (Phi) is 7.68. The number of benzene rings is 1. The van der Waals surface area contributed by atoms with Crippen molar-refractivity contribution in [3.8, 4) is 0 Å². The van der Waals surface area contributed by atoms with Crippen LogP contribution in [0.3, 0.4) is 0 Å². The summed E-state index contributed by atoms with van der Waals surface area (Å²) in [6, 6.07) is 9.01. The zero-order valence-corrected chi connectivity index (χ0v) is 12.3. The van der Waals surface area contributed by atoms with Crippen molar-refractivity contribution < 1.29 is 4.79 Å². The second-order valence-corrected chi connectivity index (χ2v) is 5.36. The first-order chi connectivity index (χ1) is 8.75. The van der Waals surface area contributed by atoms with E-state index in [0.29, 0.717) is 12.1 Å². The maximum Gasteiger partial charge on any atom is 0.269 e. The Morgan fingerprint density at radius 3 is 2.16 bits per heavy atom. The summed E-state index contributed by atoms with van der Waals surface area (Å²) in [7, 11) is 0. The molecular formula is C15H25N3O. The van der Waals surface area contributed by atoms with E-state index in [1.165, 1.54) is 0 Å². The molecule has 0 fully saturated rings. The molecule has 19 heavy (non-hydrogen) atoms. The van der Waals surface area contributed by atoms with E-state index >= 15 is 0 Å². The minimum Gasteiger partial charge on any atom is -0.351 e. The van der Waals surface area contributed by atoms with Crippen LogP contribution < -0.4 is 11.1 Å². The molecule has 1 rings (SSSR count). The van der Waals surface area contributed by atoms with Gasteiger partial charge in [0, 0.05) is 17.6 Å². The van der Waals surface area contributed by atoms with Crippen molar-refractivity contribution in [1.29, 1.82) is 5.41 Å². The Balaban J connectivity index is 0.000000555. The van der Waals surface area contributed by atoms with Gasteiger partial charge in [-0.1, -0.05) is 37.3 Å². The lowest BCUT2D eigenvalue weighted by Crippen LogP contribution is -2.31. The SMILES string of the molecule is CC(C)(C)N.CCCNC(=O)C(=N)c1ccccc1. The van der Waals surface area contributed by atoms with E-state index in [2.05, 4.69) is 5.32 Å². The van der Waals surface area contributed by atoms with E-state index in [9.17, 15) is 4.79 Å². The van der Waals surface area contributed by atoms with Crippen LogP contribution in [0.15, 0.2) is 30.3 Å². The predicted molar refractivity (Wildman–Crippen MR) is 80.5 cm³/mol. The summed E-state index contributed by atoms with van der Waals surface area (Å²) in [5.74, 6) is -0.307. The van der Waals surface area contributed by atoms with Crippen LogP contribution in [0, 0.1) is 5.41 Å². The Hall–Kier alpha value is -1.68. The molecular weight excluding hydrogens is 238 g/mol. The number of nitrogens with one attached hydrogen (secondary N) is 2. The molecule has 4 nitrogen and oxygen atoms in total. The van der Waals surface area contributed by atoms with Crippen molar-refractivity contribution in [3.63, 3.8) is 0 Å². The summed E-state index contributed by atoms with van der Waals surface area (Å²) in [5, 5.41) is 10.3. The molecule has 0 radical (unpaired) electrons. The predicted octanol–water partition coefficient (Wildman–Crippen LogP) is 2.32. The smallest absolute Gasteiger partial charge is 0.269 e. The summed E-state index contributed by atoms with van der Waals surface area (Å²) in [6.45, 7) is 8.49. The van der Waals surface area contributed by atoms with Gasteiger partial charge in [0.15, 0.2) is 0 Å². The van der Waals surface area contributed by atoms with Crippen LogP contribution in [0.2, 0.25) is 0 Å². The molecule has 4 N–H and O–H groups in total. The highest BCUT2D eigenvalue weighted by Crippen LogP contribution is 1.99. The van der Waals surface area contributed by atoms with Gasteiger partial charge < -0.3 is 11.1 Å². The minimum absolute atomic E-state index is 0. The highest BCUT2D eigenvalue weighted by atomic mass is 16.1. The Morgan fingerprint density at radius 2 is 1.74 bits per heavy atom. The van der Waals surface area contributed by atoms with Gasteiger partial charge in [0.05, 0.1) is 0 Å². The zero-order valence-electron chi connectivity index (χ0n) is 12.3. The van der Waals surface area contributed by atoms with Crippen LogP contribution in [0.4, 0.5) is 0 Å². The van der Waals surface area contributed by atoms with Gasteiger partial charge in [-0.25, -0.2) is 0 Å². The normalized spacial score (nSPS) is 10.2. The highest BCUT2D eigenvalue weighted by molar-refractivity contribution is 6.44. The number of carbonyl (C=O) groups is 1. The summed E-state index contributed by atoms with van der Waals surface area (Å²) in [5.41, 5.74) is 6.03. The molecule has 0 aliphatic carbocycles. The second kappa shape index (κ2) is 8.43. The molecule has 0 saturated heterocycles. The molecule has 1 amide bonds. The number of hydrogen-bond donors (Lipinski definition) is 3. The van der Waals surface area contributed by atoms with Gasteiger partial charge in [0.25, 0.3) is 5.91 Å². The van der Waals surface area contributed by atoms with Crippen molar-refractivity contribution in [3.05, 3.63) is 35.9 Å². The van der Waals surface area contributed by atoms with Crippen molar-refractivity contribution in [2.24, 2.45) is 5.73 Å². The third kappa shape index (κ3) is 9.97. The van der Waals surface area contributed by atoms with Gasteiger partial charge in [0.1, 0.15) is 5.71 Å². The Morgan fingerprint density at radius 1 is 1.26 bits per heavy atom. The molecule has 106 valence electrons. The summed E-state index contributed by atoms with van der Waals surface area (Å²) < 4.78 is 0. The van der Waals surface area contributed by atoms with Gasteiger partial charge in [-0.2, -0.15) is 0 Å². The third-order valence-electron chi connectivity index (χ3n) is 1.83. The van der Waals surface area contributed by atoms with Gasteiger partial charge >= 0.3 is 0 Å². The van der Waals surface area contributed by atoms with E-state index in [4.69, 9.17) is 11.1 Å². The van der Waals surface area contributed by atoms with E-state index in [1.54, 1.807) is 12.1 Å². The maximum absolute atomic E-state index is 11.4. The monoisotopic (exact) mass is 263 g/mol. The molecule has 0 heterocycles. The van der Waals surface area contributed by atoms with Crippen molar-refractivity contribution in [1.82, 2.24) is 5.32 Å². The van der Waals surface area contributed by atoms with E-state index < -0.39 is 0 Å². The fraction of sp³-hybridized carbons (Fsp3) is 0.467. The van der Waals surface area contributed by atoms with Gasteiger partial charge in [-0.15, -0.1) is 0 Å². The molecule has 1 aromatic carbocycles. The molecule has 0 aliphatic heterocycles. The lowest BCUT2D eigenvalue weighted by Gasteiger charge is -2.06. The molecule has 0 saturated carbocycles. The average Bonchev–Trinajstić information content (AvgIpc) is 2.34. The first-order valence-corrected chi connectivity index (χ1v) is 6.46. The molecule has 0 spiro atoms. The number of nitrogens with two attached hydrogens (primary N) is 1. The fourth-order valence-electron chi connectivity index (χ4n) is 1.06. The Bertz CT molecular complexity index is 388. The van der Waals surface area contributed by atoms with Crippen LogP contribution in [0.25, 0.3) is 0 Å². The molecule has 0 atom stereocenters. The third-order valence-corrected chi connectivity index (χ3v) is 1.83. The van der Waals surface area contributed by atoms with E-state index in [-0.39, 0.29) is 17.2 Å². The molecule has 0 bridgehead atoms. The van der Waals surface area contributed by atoms with Crippen LogP contribution in [-0.4, -0.2) is 23.7 Å². The lowest BCUT2D eigenvalue weighted by atomic mass is 10.1. The number of amides is 1. The summed E-state index contributed by atoms with van der Waals surface area (Å²) in [6.07, 6.45) is 0.883. The lowest BCUT2D eigenvalue weighted by molar-refractivity contribution is -0.114. The molecule has 0 aliphatic rings. The summed E-state index contributed by atoms with van der Waals surface area (Å²) >= 11 is 0. The standard InChI is InChI=1S/C11H14N2O.C4H11N/c1-2-8-13-11(14)10(12)9-6-4-3-5-7-9;1-4(2,3)5/h3-7,12H,2,8H2,1H3,(H,13,14);5H2,1-3H3. The van der Waals surface area contributed by atoms with Crippen LogP contribution in [0.1, 0.15) is 39.7 Å².